The lowest BCUT2D eigenvalue weighted by molar-refractivity contribution is -0.117. The largest absolute Gasteiger partial charge is 0.299 e. The SMILES string of the molecule is CC[C@@H](C(=O)Nc1nnc(-c2ccccc2)s1)N(c1cc(Cl)ccc1C)S(C)(=O)=O. The van der Waals surface area contributed by atoms with Crippen molar-refractivity contribution in [2.45, 2.75) is 26.3 Å². The third-order valence-electron chi connectivity index (χ3n) is 4.41. The number of anilines is 2. The zero-order valence-corrected chi connectivity index (χ0v) is 19.1. The van der Waals surface area contributed by atoms with Gasteiger partial charge in [0.25, 0.3) is 0 Å². The number of rotatable bonds is 7. The van der Waals surface area contributed by atoms with E-state index in [0.29, 0.717) is 26.4 Å². The number of aromatic nitrogens is 2. The van der Waals surface area contributed by atoms with E-state index in [1.807, 2.05) is 30.3 Å². The van der Waals surface area contributed by atoms with Crippen LogP contribution in [0, 0.1) is 6.92 Å². The molecule has 0 saturated heterocycles. The molecule has 0 fully saturated rings. The number of nitrogens with zero attached hydrogens (tertiary/aromatic N) is 3. The van der Waals surface area contributed by atoms with Crippen molar-refractivity contribution >= 4 is 49.7 Å². The summed E-state index contributed by atoms with van der Waals surface area (Å²) in [7, 11) is -3.76. The first-order valence-corrected chi connectivity index (χ1v) is 12.2. The maximum Gasteiger partial charge on any atom is 0.250 e. The van der Waals surface area contributed by atoms with Gasteiger partial charge in [0.2, 0.25) is 21.1 Å². The van der Waals surface area contributed by atoms with E-state index in [9.17, 15) is 13.2 Å². The van der Waals surface area contributed by atoms with Gasteiger partial charge in [-0.3, -0.25) is 14.4 Å². The van der Waals surface area contributed by atoms with Crippen molar-refractivity contribution < 1.29 is 13.2 Å². The average Bonchev–Trinajstić information content (AvgIpc) is 3.16. The number of amides is 1. The predicted molar refractivity (Wildman–Crippen MR) is 122 cm³/mol. The molecule has 7 nitrogen and oxygen atoms in total. The summed E-state index contributed by atoms with van der Waals surface area (Å²) in [4.78, 5) is 13.0. The summed E-state index contributed by atoms with van der Waals surface area (Å²) < 4.78 is 26.4. The van der Waals surface area contributed by atoms with Gasteiger partial charge in [-0.1, -0.05) is 66.3 Å². The molecule has 0 unspecified atom stereocenters. The van der Waals surface area contributed by atoms with Crippen molar-refractivity contribution in [3.05, 3.63) is 59.1 Å². The van der Waals surface area contributed by atoms with E-state index in [1.54, 1.807) is 32.0 Å². The lowest BCUT2D eigenvalue weighted by atomic mass is 10.1. The smallest absolute Gasteiger partial charge is 0.250 e. The van der Waals surface area contributed by atoms with Crippen molar-refractivity contribution in [2.24, 2.45) is 0 Å². The highest BCUT2D eigenvalue weighted by atomic mass is 35.5. The maximum absolute atomic E-state index is 13.0. The fourth-order valence-electron chi connectivity index (χ4n) is 3.02. The van der Waals surface area contributed by atoms with E-state index in [1.165, 1.54) is 11.3 Å². The predicted octanol–water partition coefficient (Wildman–Crippen LogP) is 4.35. The zero-order valence-electron chi connectivity index (χ0n) is 16.7. The molecule has 0 aliphatic heterocycles. The number of benzene rings is 2. The number of nitrogens with one attached hydrogen (secondary N) is 1. The van der Waals surface area contributed by atoms with E-state index in [4.69, 9.17) is 11.6 Å². The van der Waals surface area contributed by atoms with Gasteiger partial charge < -0.3 is 0 Å². The van der Waals surface area contributed by atoms with Gasteiger partial charge in [0.15, 0.2) is 0 Å². The summed E-state index contributed by atoms with van der Waals surface area (Å²) in [6.07, 6.45) is 1.33. The van der Waals surface area contributed by atoms with Gasteiger partial charge in [-0.05, 0) is 31.0 Å². The van der Waals surface area contributed by atoms with Crippen LogP contribution in [0.25, 0.3) is 10.6 Å². The molecule has 0 bridgehead atoms. The minimum Gasteiger partial charge on any atom is -0.299 e. The standard InChI is InChI=1S/C20H21ClN4O3S2/c1-4-16(25(30(3,27)28)17-12-15(21)11-10-13(17)2)18(26)22-20-24-23-19(29-20)14-8-6-5-7-9-14/h5-12,16H,4H2,1-3H3,(H,22,24,26)/t16-/m0/s1. The van der Waals surface area contributed by atoms with Crippen LogP contribution in [0.5, 0.6) is 0 Å². The molecule has 0 spiro atoms. The molecule has 3 rings (SSSR count). The molecule has 10 heteroatoms. The molecular weight excluding hydrogens is 444 g/mol. The second-order valence-corrected chi connectivity index (χ2v) is 9.95. The highest BCUT2D eigenvalue weighted by molar-refractivity contribution is 7.92. The van der Waals surface area contributed by atoms with E-state index >= 15 is 0 Å². The monoisotopic (exact) mass is 464 g/mol. The fourth-order valence-corrected chi connectivity index (χ4v) is 5.19. The van der Waals surface area contributed by atoms with Gasteiger partial charge in [-0.25, -0.2) is 8.42 Å². The Morgan fingerprint density at radius 2 is 1.90 bits per heavy atom. The summed E-state index contributed by atoms with van der Waals surface area (Å²) in [6, 6.07) is 13.4. The molecule has 1 heterocycles. The number of sulfonamides is 1. The Kier molecular flexibility index (Phi) is 6.74. The Morgan fingerprint density at radius 1 is 1.20 bits per heavy atom. The second-order valence-electron chi connectivity index (χ2n) is 6.68. The van der Waals surface area contributed by atoms with Gasteiger partial charge in [-0.2, -0.15) is 0 Å². The molecule has 1 atom stereocenters. The summed E-state index contributed by atoms with van der Waals surface area (Å²) in [6.45, 7) is 3.52. The van der Waals surface area contributed by atoms with Gasteiger partial charge in [0.1, 0.15) is 11.0 Å². The van der Waals surface area contributed by atoms with Gasteiger partial charge >= 0.3 is 0 Å². The molecule has 1 amide bonds. The summed E-state index contributed by atoms with van der Waals surface area (Å²) >= 11 is 7.31. The van der Waals surface area contributed by atoms with Crippen LogP contribution < -0.4 is 9.62 Å². The van der Waals surface area contributed by atoms with Crippen molar-refractivity contribution in [1.82, 2.24) is 10.2 Å². The minimum absolute atomic E-state index is 0.259. The maximum atomic E-state index is 13.0. The van der Waals surface area contributed by atoms with Crippen molar-refractivity contribution in [1.29, 1.82) is 0 Å². The van der Waals surface area contributed by atoms with Gasteiger partial charge in [0.05, 0.1) is 11.9 Å². The van der Waals surface area contributed by atoms with Crippen LogP contribution in [-0.2, 0) is 14.8 Å². The Hall–Kier alpha value is -2.49. The molecule has 0 saturated carbocycles. The fraction of sp³-hybridized carbons (Fsp3) is 0.250. The molecule has 1 aromatic heterocycles. The van der Waals surface area contributed by atoms with Crippen molar-refractivity contribution in [2.75, 3.05) is 15.9 Å². The second kappa shape index (κ2) is 9.11. The number of aryl methyl sites for hydroxylation is 1. The Labute approximate surface area is 184 Å². The molecule has 1 N–H and O–H groups in total. The third-order valence-corrected chi connectivity index (χ3v) is 6.70. The van der Waals surface area contributed by atoms with E-state index < -0.39 is 22.0 Å². The van der Waals surface area contributed by atoms with Crippen LogP contribution in [0.15, 0.2) is 48.5 Å². The van der Waals surface area contributed by atoms with Gasteiger partial charge in [0, 0.05) is 10.6 Å². The topological polar surface area (TPSA) is 92.3 Å². The lowest BCUT2D eigenvalue weighted by Crippen LogP contribution is -2.47. The third kappa shape index (κ3) is 4.97. The first-order chi connectivity index (χ1) is 14.2. The summed E-state index contributed by atoms with van der Waals surface area (Å²) in [5.74, 6) is -0.488. The zero-order chi connectivity index (χ0) is 21.9. The molecule has 3 aromatic rings. The number of hydrogen-bond donors (Lipinski definition) is 1. The molecule has 158 valence electrons. The molecule has 30 heavy (non-hydrogen) atoms. The van der Waals surface area contributed by atoms with Crippen LogP contribution in [0.3, 0.4) is 0 Å². The summed E-state index contributed by atoms with van der Waals surface area (Å²) in [5.41, 5.74) is 1.95. The van der Waals surface area contributed by atoms with Crippen LogP contribution in [0.2, 0.25) is 5.02 Å². The number of carbonyl (C=O) groups excluding carboxylic acids is 1. The highest BCUT2D eigenvalue weighted by Gasteiger charge is 2.33. The molecule has 0 aliphatic carbocycles. The van der Waals surface area contributed by atoms with Crippen LogP contribution >= 0.6 is 22.9 Å². The van der Waals surface area contributed by atoms with Crippen LogP contribution in [0.4, 0.5) is 10.8 Å². The molecule has 0 radical (unpaired) electrons. The van der Waals surface area contributed by atoms with Crippen molar-refractivity contribution in [3.63, 3.8) is 0 Å². The number of hydrogen-bond acceptors (Lipinski definition) is 6. The highest BCUT2D eigenvalue weighted by Crippen LogP contribution is 2.30. The van der Waals surface area contributed by atoms with Crippen LogP contribution in [0.1, 0.15) is 18.9 Å². The number of halogens is 1. The Morgan fingerprint density at radius 3 is 2.53 bits per heavy atom. The first-order valence-electron chi connectivity index (χ1n) is 9.16. The van der Waals surface area contributed by atoms with E-state index in [2.05, 4.69) is 15.5 Å². The first kappa shape index (κ1) is 22.2. The Bertz CT molecular complexity index is 1150. The van der Waals surface area contributed by atoms with Crippen molar-refractivity contribution in [3.8, 4) is 10.6 Å². The lowest BCUT2D eigenvalue weighted by Gasteiger charge is -2.31. The molecule has 0 aliphatic rings. The minimum atomic E-state index is -3.76. The molecule has 2 aromatic carbocycles. The normalized spacial score (nSPS) is 12.4. The van der Waals surface area contributed by atoms with E-state index in [0.717, 1.165) is 16.1 Å². The van der Waals surface area contributed by atoms with Gasteiger partial charge in [-0.15, -0.1) is 10.2 Å². The van der Waals surface area contributed by atoms with Crippen LogP contribution in [-0.4, -0.2) is 36.8 Å². The number of carbonyl (C=O) groups is 1. The summed E-state index contributed by atoms with van der Waals surface area (Å²) in [5, 5.41) is 12.2. The van der Waals surface area contributed by atoms with E-state index in [-0.39, 0.29) is 6.42 Å². The Balaban J connectivity index is 1.90. The quantitative estimate of drug-likeness (QED) is 0.561. The molecular formula is C20H21ClN4O3S2. The average molecular weight is 465 g/mol.